The van der Waals surface area contributed by atoms with Crippen LogP contribution in [-0.4, -0.2) is 12.1 Å². The maximum absolute atomic E-state index is 11.0. The first-order valence-corrected chi connectivity index (χ1v) is 10.2. The first-order chi connectivity index (χ1) is 12.2. The molecule has 0 amide bonds. The number of benzene rings is 1. The van der Waals surface area contributed by atoms with Crippen molar-refractivity contribution in [3.8, 4) is 0 Å². The minimum Gasteiger partial charge on any atom is -0.461 e. The van der Waals surface area contributed by atoms with Gasteiger partial charge in [-0.1, -0.05) is 24.3 Å². The Hall–Kier alpha value is -1.35. The fourth-order valence-electron chi connectivity index (χ4n) is 5.42. The van der Waals surface area contributed by atoms with Crippen molar-refractivity contribution < 1.29 is 9.53 Å². The highest BCUT2D eigenvalue weighted by molar-refractivity contribution is 5.75. The predicted molar refractivity (Wildman–Crippen MR) is 99.0 cm³/mol. The molecule has 1 saturated heterocycles. The summed E-state index contributed by atoms with van der Waals surface area (Å²) >= 11 is 0. The van der Waals surface area contributed by atoms with Crippen LogP contribution in [0.15, 0.2) is 24.3 Å². The fourth-order valence-corrected chi connectivity index (χ4v) is 5.42. The number of carbonyl (C=O) groups excluding carboxylic acids is 1. The molecule has 2 saturated carbocycles. The number of hydrogen-bond acceptors (Lipinski definition) is 3. The van der Waals surface area contributed by atoms with E-state index >= 15 is 0 Å². The molecule has 1 aliphatic heterocycles. The number of ether oxygens (including phenoxy) is 1. The highest BCUT2D eigenvalue weighted by Gasteiger charge is 2.39. The van der Waals surface area contributed by atoms with Crippen LogP contribution in [0.4, 0.5) is 0 Å². The minimum atomic E-state index is 0.00458. The smallest absolute Gasteiger partial charge is 0.309 e. The van der Waals surface area contributed by atoms with Crippen LogP contribution in [0.3, 0.4) is 0 Å². The Labute approximate surface area is 151 Å². The molecule has 1 atom stereocenters. The first-order valence-electron chi connectivity index (χ1n) is 10.2. The summed E-state index contributed by atoms with van der Waals surface area (Å²) < 4.78 is 5.29. The van der Waals surface area contributed by atoms with E-state index in [1.807, 2.05) is 0 Å². The normalized spacial score (nSPS) is 35.7. The number of hydrogen-bond donors (Lipinski definition) is 1. The molecule has 0 radical (unpaired) electrons. The van der Waals surface area contributed by atoms with Crippen LogP contribution in [0.25, 0.3) is 0 Å². The first kappa shape index (κ1) is 17.1. The second kappa shape index (κ2) is 7.49. The summed E-state index contributed by atoms with van der Waals surface area (Å²) in [5.41, 5.74) is 8.44. The van der Waals surface area contributed by atoms with Gasteiger partial charge in [0.2, 0.25) is 0 Å². The lowest BCUT2D eigenvalue weighted by molar-refractivity contribution is -0.176. The Balaban J connectivity index is 1.24. The summed E-state index contributed by atoms with van der Waals surface area (Å²) in [7, 11) is 0. The van der Waals surface area contributed by atoms with Crippen molar-refractivity contribution in [3.05, 3.63) is 35.4 Å². The van der Waals surface area contributed by atoms with Gasteiger partial charge in [-0.25, -0.2) is 0 Å². The number of carbonyl (C=O) groups is 1. The van der Waals surface area contributed by atoms with E-state index in [2.05, 4.69) is 24.3 Å². The SMILES string of the molecule is NCc1ccc([C@H]2CC[C@H]([C@H]3CC[C@@H](C4CC(=O)O4)CC3)CC2)cc1. The molecule has 1 unspecified atom stereocenters. The molecule has 3 heteroatoms. The van der Waals surface area contributed by atoms with Crippen LogP contribution >= 0.6 is 0 Å². The molecule has 1 heterocycles. The third kappa shape index (κ3) is 3.76. The van der Waals surface area contributed by atoms with Crippen molar-refractivity contribution in [2.24, 2.45) is 23.5 Å². The molecule has 0 aromatic heterocycles. The van der Waals surface area contributed by atoms with Crippen LogP contribution in [0, 0.1) is 17.8 Å². The van der Waals surface area contributed by atoms with Crippen LogP contribution < -0.4 is 5.73 Å². The van der Waals surface area contributed by atoms with E-state index in [9.17, 15) is 4.79 Å². The summed E-state index contributed by atoms with van der Waals surface area (Å²) in [6.45, 7) is 0.635. The molecule has 3 aliphatic rings. The molecular weight excluding hydrogens is 310 g/mol. The summed E-state index contributed by atoms with van der Waals surface area (Å²) in [6.07, 6.45) is 11.6. The van der Waals surface area contributed by atoms with Gasteiger partial charge in [0.15, 0.2) is 0 Å². The molecule has 1 aromatic rings. The van der Waals surface area contributed by atoms with E-state index in [1.165, 1.54) is 62.5 Å². The fraction of sp³-hybridized carbons (Fsp3) is 0.682. The third-order valence-corrected chi connectivity index (χ3v) is 7.12. The topological polar surface area (TPSA) is 52.3 Å². The molecule has 2 aliphatic carbocycles. The van der Waals surface area contributed by atoms with Gasteiger partial charge in [0.1, 0.15) is 6.10 Å². The van der Waals surface area contributed by atoms with E-state index in [0.29, 0.717) is 18.9 Å². The Morgan fingerprint density at radius 2 is 1.36 bits per heavy atom. The molecule has 2 N–H and O–H groups in total. The van der Waals surface area contributed by atoms with Crippen LogP contribution in [0.2, 0.25) is 0 Å². The van der Waals surface area contributed by atoms with Crippen molar-refractivity contribution in [2.75, 3.05) is 0 Å². The highest BCUT2D eigenvalue weighted by atomic mass is 16.6. The molecule has 1 aromatic carbocycles. The van der Waals surface area contributed by atoms with Crippen molar-refractivity contribution >= 4 is 5.97 Å². The maximum atomic E-state index is 11.0. The number of rotatable bonds is 4. The second-order valence-corrected chi connectivity index (χ2v) is 8.46. The van der Waals surface area contributed by atoms with Gasteiger partial charge >= 0.3 is 5.97 Å². The van der Waals surface area contributed by atoms with E-state index < -0.39 is 0 Å². The molecule has 0 bridgehead atoms. The van der Waals surface area contributed by atoms with E-state index in [4.69, 9.17) is 10.5 Å². The predicted octanol–water partition coefficient (Wildman–Crippen LogP) is 4.54. The van der Waals surface area contributed by atoms with Crippen LogP contribution in [-0.2, 0) is 16.1 Å². The second-order valence-electron chi connectivity index (χ2n) is 8.46. The van der Waals surface area contributed by atoms with E-state index in [0.717, 1.165) is 17.8 Å². The number of nitrogens with two attached hydrogens (primary N) is 1. The van der Waals surface area contributed by atoms with Crippen LogP contribution in [0.5, 0.6) is 0 Å². The average molecular weight is 341 g/mol. The zero-order chi connectivity index (χ0) is 17.2. The Morgan fingerprint density at radius 1 is 0.840 bits per heavy atom. The molecule has 0 spiro atoms. The van der Waals surface area contributed by atoms with E-state index in [1.54, 1.807) is 0 Å². The minimum absolute atomic E-state index is 0.00458. The zero-order valence-corrected chi connectivity index (χ0v) is 15.2. The van der Waals surface area contributed by atoms with Crippen LogP contribution in [0.1, 0.15) is 74.8 Å². The largest absolute Gasteiger partial charge is 0.461 e. The summed E-state index contributed by atoms with van der Waals surface area (Å²) in [5, 5.41) is 0. The van der Waals surface area contributed by atoms with E-state index in [-0.39, 0.29) is 12.1 Å². The number of cyclic esters (lactones) is 1. The Morgan fingerprint density at radius 3 is 1.88 bits per heavy atom. The van der Waals surface area contributed by atoms with Gasteiger partial charge < -0.3 is 10.5 Å². The lowest BCUT2D eigenvalue weighted by atomic mass is 9.67. The van der Waals surface area contributed by atoms with Gasteiger partial charge in [0, 0.05) is 6.54 Å². The van der Waals surface area contributed by atoms with Crippen molar-refractivity contribution in [3.63, 3.8) is 0 Å². The summed E-state index contributed by atoms with van der Waals surface area (Å²) in [5.74, 6) is 3.22. The van der Waals surface area contributed by atoms with Gasteiger partial charge in [-0.2, -0.15) is 0 Å². The molecule has 4 rings (SSSR count). The van der Waals surface area contributed by atoms with Gasteiger partial charge in [-0.15, -0.1) is 0 Å². The zero-order valence-electron chi connectivity index (χ0n) is 15.2. The van der Waals surface area contributed by atoms with Gasteiger partial charge in [-0.05, 0) is 86.2 Å². The monoisotopic (exact) mass is 341 g/mol. The Bertz CT molecular complexity index is 573. The van der Waals surface area contributed by atoms with Gasteiger partial charge in [0.05, 0.1) is 6.42 Å². The molecule has 3 nitrogen and oxygen atoms in total. The van der Waals surface area contributed by atoms with Crippen molar-refractivity contribution in [1.82, 2.24) is 0 Å². The molecular formula is C22H31NO2. The van der Waals surface area contributed by atoms with Gasteiger partial charge in [-0.3, -0.25) is 4.79 Å². The van der Waals surface area contributed by atoms with Crippen molar-refractivity contribution in [2.45, 2.75) is 76.4 Å². The standard InChI is InChI=1S/C22H31NO2/c23-14-15-1-3-16(4-2-15)17-5-7-18(8-6-17)19-9-11-20(12-10-19)21-13-22(24)25-21/h1-4,17-21H,5-14,23H2/t17-,18-,19-,20+,21?. The third-order valence-electron chi connectivity index (χ3n) is 7.12. The summed E-state index contributed by atoms with van der Waals surface area (Å²) in [4.78, 5) is 11.0. The van der Waals surface area contributed by atoms with Gasteiger partial charge in [0.25, 0.3) is 0 Å². The lowest BCUT2D eigenvalue weighted by Crippen LogP contribution is -2.41. The Kier molecular flexibility index (Phi) is 5.12. The molecule has 25 heavy (non-hydrogen) atoms. The average Bonchev–Trinajstić information content (AvgIpc) is 2.66. The maximum Gasteiger partial charge on any atom is 0.309 e. The highest BCUT2D eigenvalue weighted by Crippen LogP contribution is 2.45. The van der Waals surface area contributed by atoms with Crippen molar-refractivity contribution in [1.29, 1.82) is 0 Å². The molecule has 136 valence electrons. The number of esters is 1. The molecule has 3 fully saturated rings. The quantitative estimate of drug-likeness (QED) is 0.818. The lowest BCUT2D eigenvalue weighted by Gasteiger charge is -2.41. The summed E-state index contributed by atoms with van der Waals surface area (Å²) in [6, 6.07) is 8.96.